The van der Waals surface area contributed by atoms with Crippen molar-refractivity contribution >= 4 is 21.6 Å². The lowest BCUT2D eigenvalue weighted by Gasteiger charge is -2.37. The third-order valence-corrected chi connectivity index (χ3v) is 9.09. The van der Waals surface area contributed by atoms with Gasteiger partial charge in [-0.2, -0.15) is 0 Å². The van der Waals surface area contributed by atoms with Crippen LogP contribution in [0.25, 0.3) is 0 Å². The van der Waals surface area contributed by atoms with Crippen molar-refractivity contribution in [2.75, 3.05) is 73.1 Å². The molecule has 0 saturated carbocycles. The summed E-state index contributed by atoms with van der Waals surface area (Å²) in [6, 6.07) is 18.0. The molecule has 1 fully saturated rings. The molecule has 1 heterocycles. The van der Waals surface area contributed by atoms with Crippen LogP contribution < -0.4 is 23.8 Å². The Bertz CT molecular complexity index is 1430. The molecule has 11 heteroatoms. The summed E-state index contributed by atoms with van der Waals surface area (Å²) < 4.78 is 50.0. The van der Waals surface area contributed by atoms with Gasteiger partial charge >= 0.3 is 0 Å². The summed E-state index contributed by atoms with van der Waals surface area (Å²) >= 11 is 0. The van der Waals surface area contributed by atoms with Gasteiger partial charge in [0.15, 0.2) is 11.5 Å². The molecule has 0 aromatic heterocycles. The lowest BCUT2D eigenvalue weighted by Crippen LogP contribution is -2.49. The molecule has 10 nitrogen and oxygen atoms in total. The highest BCUT2D eigenvalue weighted by atomic mass is 32.2. The lowest BCUT2D eigenvalue weighted by molar-refractivity contribution is 0.0745. The van der Waals surface area contributed by atoms with E-state index in [1.807, 2.05) is 35.2 Å². The summed E-state index contributed by atoms with van der Waals surface area (Å²) in [5, 5.41) is 0. The molecule has 1 aliphatic heterocycles. The zero-order chi connectivity index (χ0) is 29.6. The Hall–Kier alpha value is -3.96. The number of amides is 1. The molecule has 3 aromatic carbocycles. The molecule has 4 rings (SSSR count). The maximum Gasteiger partial charge on any atom is 0.254 e. The molecule has 1 saturated heterocycles. The average Bonchev–Trinajstić information content (AvgIpc) is 3.02. The molecule has 0 N–H and O–H groups in total. The molecule has 1 amide bonds. The molecule has 41 heavy (non-hydrogen) atoms. The summed E-state index contributed by atoms with van der Waals surface area (Å²) in [6.07, 6.45) is 0.613. The van der Waals surface area contributed by atoms with Gasteiger partial charge in [0.05, 0.1) is 39.0 Å². The highest BCUT2D eigenvalue weighted by Crippen LogP contribution is 2.39. The van der Waals surface area contributed by atoms with E-state index in [1.54, 1.807) is 49.4 Å². The number of methoxy groups -OCH3 is 4. The first-order chi connectivity index (χ1) is 19.7. The van der Waals surface area contributed by atoms with Crippen molar-refractivity contribution in [3.63, 3.8) is 0 Å². The van der Waals surface area contributed by atoms with E-state index in [1.165, 1.54) is 25.6 Å². The first kappa shape index (κ1) is 30.0. The summed E-state index contributed by atoms with van der Waals surface area (Å²) in [4.78, 5) is 17.4. The van der Waals surface area contributed by atoms with Crippen molar-refractivity contribution in [1.82, 2.24) is 9.21 Å². The number of likely N-dealkylation sites (N-methyl/N-ethyl adjacent to an activating group) is 1. The van der Waals surface area contributed by atoms with E-state index in [-0.39, 0.29) is 10.8 Å². The van der Waals surface area contributed by atoms with Gasteiger partial charge in [0, 0.05) is 45.3 Å². The Morgan fingerprint density at radius 2 is 1.41 bits per heavy atom. The van der Waals surface area contributed by atoms with Gasteiger partial charge in [-0.15, -0.1) is 0 Å². The number of anilines is 1. The van der Waals surface area contributed by atoms with Crippen LogP contribution in [0.2, 0.25) is 0 Å². The summed E-state index contributed by atoms with van der Waals surface area (Å²) in [6.45, 7) is 2.23. The van der Waals surface area contributed by atoms with Crippen molar-refractivity contribution in [2.45, 2.75) is 11.3 Å². The highest BCUT2D eigenvalue weighted by Gasteiger charge is 2.28. The number of rotatable bonds is 11. The zero-order valence-corrected chi connectivity index (χ0v) is 24.9. The smallest absolute Gasteiger partial charge is 0.254 e. The normalized spacial score (nSPS) is 13.7. The van der Waals surface area contributed by atoms with Crippen LogP contribution in [0.5, 0.6) is 23.0 Å². The fraction of sp³-hybridized carbons (Fsp3) is 0.367. The van der Waals surface area contributed by atoms with E-state index in [4.69, 9.17) is 18.9 Å². The minimum Gasteiger partial charge on any atom is -0.495 e. The maximum absolute atomic E-state index is 13.4. The van der Waals surface area contributed by atoms with Crippen molar-refractivity contribution in [3.8, 4) is 23.0 Å². The number of sulfonamides is 1. The standard InChI is InChI=1S/C30H37N3O7S/c1-31(14-13-22-9-7-6-8-10-22)41(35,36)24-11-12-26(37-2)25(21-24)32-15-17-33(18-16-32)30(34)23-19-27(38-3)29(40-5)28(20-23)39-4/h6-12,19-21H,13-18H2,1-5H3. The number of carbonyl (C=O) groups is 1. The number of piperazine rings is 1. The Morgan fingerprint density at radius 3 is 1.98 bits per heavy atom. The van der Waals surface area contributed by atoms with Gasteiger partial charge in [-0.3, -0.25) is 4.79 Å². The van der Waals surface area contributed by atoms with Crippen LogP contribution in [0.1, 0.15) is 15.9 Å². The third kappa shape index (κ3) is 6.52. The number of hydrogen-bond donors (Lipinski definition) is 0. The zero-order valence-electron chi connectivity index (χ0n) is 24.1. The molecule has 0 aliphatic carbocycles. The Labute approximate surface area is 242 Å². The van der Waals surface area contributed by atoms with Crippen molar-refractivity contribution in [1.29, 1.82) is 0 Å². The van der Waals surface area contributed by atoms with Gasteiger partial charge in [-0.1, -0.05) is 30.3 Å². The first-order valence-corrected chi connectivity index (χ1v) is 14.7. The molecule has 1 aliphatic rings. The Balaban J connectivity index is 1.48. The lowest BCUT2D eigenvalue weighted by atomic mass is 10.1. The van der Waals surface area contributed by atoms with Crippen LogP contribution in [0, 0.1) is 0 Å². The van der Waals surface area contributed by atoms with E-state index >= 15 is 0 Å². The predicted molar refractivity (Wildman–Crippen MR) is 157 cm³/mol. The van der Waals surface area contributed by atoms with E-state index < -0.39 is 10.0 Å². The van der Waals surface area contributed by atoms with Gasteiger partial charge < -0.3 is 28.7 Å². The minimum absolute atomic E-state index is 0.160. The van der Waals surface area contributed by atoms with E-state index in [2.05, 4.69) is 0 Å². The number of hydrogen-bond acceptors (Lipinski definition) is 8. The van der Waals surface area contributed by atoms with Crippen LogP contribution >= 0.6 is 0 Å². The maximum atomic E-state index is 13.4. The second-order valence-electron chi connectivity index (χ2n) is 9.59. The van der Waals surface area contributed by atoms with Gasteiger partial charge in [0.25, 0.3) is 5.91 Å². The molecule has 3 aromatic rings. The van der Waals surface area contributed by atoms with Gasteiger partial charge in [0.2, 0.25) is 15.8 Å². The van der Waals surface area contributed by atoms with Crippen LogP contribution in [-0.2, 0) is 16.4 Å². The average molecular weight is 584 g/mol. The van der Waals surface area contributed by atoms with Crippen LogP contribution in [0.15, 0.2) is 65.6 Å². The molecular formula is C30H37N3O7S. The van der Waals surface area contributed by atoms with E-state index in [0.29, 0.717) is 73.4 Å². The summed E-state index contributed by atoms with van der Waals surface area (Å²) in [5.41, 5.74) is 2.17. The molecule has 0 radical (unpaired) electrons. The number of carbonyl (C=O) groups excluding carboxylic acids is 1. The molecule has 0 atom stereocenters. The second kappa shape index (κ2) is 13.1. The molecular weight excluding hydrogens is 546 g/mol. The number of nitrogens with zero attached hydrogens (tertiary/aromatic N) is 3. The second-order valence-corrected chi connectivity index (χ2v) is 11.6. The quantitative estimate of drug-likeness (QED) is 0.338. The molecule has 0 spiro atoms. The summed E-state index contributed by atoms with van der Waals surface area (Å²) in [5.74, 6) is 1.65. The molecule has 0 unspecified atom stereocenters. The van der Waals surface area contributed by atoms with E-state index in [9.17, 15) is 13.2 Å². The van der Waals surface area contributed by atoms with Gasteiger partial charge in [0.1, 0.15) is 5.75 Å². The highest BCUT2D eigenvalue weighted by molar-refractivity contribution is 7.89. The monoisotopic (exact) mass is 583 g/mol. The summed E-state index contributed by atoms with van der Waals surface area (Å²) in [7, 11) is 3.96. The van der Waals surface area contributed by atoms with E-state index in [0.717, 1.165) is 5.56 Å². The van der Waals surface area contributed by atoms with Crippen LogP contribution in [0.3, 0.4) is 0 Å². The van der Waals surface area contributed by atoms with Crippen molar-refractivity contribution < 1.29 is 32.2 Å². The fourth-order valence-electron chi connectivity index (χ4n) is 4.85. The van der Waals surface area contributed by atoms with Crippen LogP contribution in [0.4, 0.5) is 5.69 Å². The van der Waals surface area contributed by atoms with Gasteiger partial charge in [-0.05, 0) is 42.3 Å². The van der Waals surface area contributed by atoms with Crippen molar-refractivity contribution in [3.05, 3.63) is 71.8 Å². The Kier molecular flexibility index (Phi) is 9.61. The fourth-order valence-corrected chi connectivity index (χ4v) is 6.04. The molecule has 0 bridgehead atoms. The predicted octanol–water partition coefficient (Wildman–Crippen LogP) is 3.55. The first-order valence-electron chi connectivity index (χ1n) is 13.3. The van der Waals surface area contributed by atoms with Gasteiger partial charge in [-0.25, -0.2) is 12.7 Å². The third-order valence-electron chi connectivity index (χ3n) is 7.24. The number of benzene rings is 3. The largest absolute Gasteiger partial charge is 0.495 e. The van der Waals surface area contributed by atoms with Crippen molar-refractivity contribution in [2.24, 2.45) is 0 Å². The minimum atomic E-state index is -3.72. The SMILES string of the molecule is COc1ccc(S(=O)(=O)N(C)CCc2ccccc2)cc1N1CCN(C(=O)c2cc(OC)c(OC)c(OC)c2)CC1. The number of ether oxygens (including phenoxy) is 4. The Morgan fingerprint density at radius 1 is 0.805 bits per heavy atom. The molecule has 220 valence electrons. The topological polar surface area (TPSA) is 97.9 Å². The van der Waals surface area contributed by atoms with Crippen LogP contribution in [-0.4, -0.2) is 91.7 Å².